The second-order valence-electron chi connectivity index (χ2n) is 13.8. The number of carbonyl (C=O) groups excluding carboxylic acids is 4. The topological polar surface area (TPSA) is 161 Å². The minimum absolute atomic E-state index is 0. The molecule has 57 heavy (non-hydrogen) atoms. The van der Waals surface area contributed by atoms with Crippen LogP contribution in [-0.4, -0.2) is 51.2 Å². The molecule has 0 aliphatic heterocycles. The smallest absolute Gasteiger partial charge is 0.0715 e. The number of benzene rings is 4. The predicted octanol–water partition coefficient (Wildman–Crippen LogP) is 6.75. The molecule has 0 amide bonds. The summed E-state index contributed by atoms with van der Waals surface area (Å²) in [6.45, 7) is 8.66. The van der Waals surface area contributed by atoms with E-state index in [1.165, 1.54) is 99.3 Å². The summed E-state index contributed by atoms with van der Waals surface area (Å²) < 4.78 is 0. The Morgan fingerprint density at radius 3 is 0.596 bits per heavy atom. The van der Waals surface area contributed by atoms with Gasteiger partial charge in [0.2, 0.25) is 0 Å². The average molecular weight is 972 g/mol. The molecule has 0 heterocycles. The fraction of sp³-hybridized carbons (Fsp3) is 0.417. The third kappa shape index (κ3) is 24.8. The Bertz CT molecular complexity index is 1410. The minimum atomic E-state index is -1.11. The fourth-order valence-corrected chi connectivity index (χ4v) is 5.55. The largest absolute Gasteiger partial charge is 0.545 e. The monoisotopic (exact) mass is 972 g/mol. The summed E-state index contributed by atoms with van der Waals surface area (Å²) >= 11 is 0. The van der Waals surface area contributed by atoms with E-state index in [4.69, 9.17) is 0 Å². The van der Waals surface area contributed by atoms with Crippen LogP contribution in [0.5, 0.6) is 0 Å². The summed E-state index contributed by atoms with van der Waals surface area (Å²) in [5.74, 6) is -4.43. The first-order valence-electron chi connectivity index (χ1n) is 20.2. The molecule has 308 valence electrons. The summed E-state index contributed by atoms with van der Waals surface area (Å²) in [7, 11) is 0. The Kier molecular flexibility index (Phi) is 30.3. The molecule has 0 saturated heterocycles. The predicted molar refractivity (Wildman–Crippen MR) is 222 cm³/mol. The molecule has 9 heteroatoms. The Labute approximate surface area is 360 Å². The molecule has 4 rings (SSSR count). The zero-order valence-corrected chi connectivity index (χ0v) is 38.2. The van der Waals surface area contributed by atoms with Crippen molar-refractivity contribution in [3.63, 3.8) is 0 Å². The van der Waals surface area contributed by atoms with Crippen LogP contribution in [0.1, 0.15) is 168 Å². The van der Waals surface area contributed by atoms with Crippen molar-refractivity contribution >= 4 is 51.2 Å². The van der Waals surface area contributed by atoms with Gasteiger partial charge in [0.05, 0.1) is 23.9 Å². The zero-order chi connectivity index (χ0) is 41.6. The van der Waals surface area contributed by atoms with Gasteiger partial charge in [0.1, 0.15) is 0 Å². The third-order valence-corrected chi connectivity index (χ3v) is 9.03. The van der Waals surface area contributed by atoms with Gasteiger partial charge in [-0.05, 0) is 95.9 Å². The van der Waals surface area contributed by atoms with Crippen molar-refractivity contribution in [3.8, 4) is 0 Å². The molecule has 0 bridgehead atoms. The van der Waals surface area contributed by atoms with Crippen molar-refractivity contribution in [3.05, 3.63) is 142 Å². The van der Waals surface area contributed by atoms with Crippen molar-refractivity contribution in [2.75, 3.05) is 0 Å². The molecule has 0 aliphatic carbocycles. The summed E-state index contributed by atoms with van der Waals surface area (Å²) in [5, 5.41) is 41.8. The maximum atomic E-state index is 10.5. The van der Waals surface area contributed by atoms with Crippen LogP contribution in [0.25, 0.3) is 0 Å². The van der Waals surface area contributed by atoms with Gasteiger partial charge >= 0.3 is 0 Å². The van der Waals surface area contributed by atoms with Gasteiger partial charge in [-0.3, -0.25) is 0 Å². The summed E-state index contributed by atoms with van der Waals surface area (Å²) in [6, 6.07) is 27.8. The Balaban J connectivity index is 0.000000729. The number of hydrogen-bond acceptors (Lipinski definition) is 8. The van der Waals surface area contributed by atoms with Gasteiger partial charge in [0, 0.05) is 27.3 Å². The first-order valence-corrected chi connectivity index (χ1v) is 20.2. The van der Waals surface area contributed by atoms with Crippen LogP contribution in [-0.2, 0) is 25.7 Å². The van der Waals surface area contributed by atoms with E-state index < -0.39 is 23.9 Å². The van der Waals surface area contributed by atoms with Crippen molar-refractivity contribution in [2.45, 2.75) is 130 Å². The number of aryl methyl sites for hydroxylation is 4. The molecule has 0 unspecified atom stereocenters. The molecule has 0 aliphatic rings. The number of carboxylic acid groups (broad SMARTS) is 4. The number of aromatic carboxylic acids is 4. The minimum Gasteiger partial charge on any atom is -0.545 e. The fourth-order valence-electron chi connectivity index (χ4n) is 5.55. The summed E-state index contributed by atoms with van der Waals surface area (Å²) in [6.07, 6.45) is 18.5. The summed E-state index contributed by atoms with van der Waals surface area (Å²) in [5.41, 5.74) is 5.81. The SMILES string of the molecule is CCCCCc1ccc(C(=O)[O-])cc1.CCCCCc1ccc(C(=O)[O-])cc1.CCCCCc1ccc(C(=O)[O-])cc1.CCCCCc1ccc(C(=O)[O-])cc1.[Pb]. The zero-order valence-electron chi connectivity index (χ0n) is 34.3. The first kappa shape index (κ1) is 52.7. The molecule has 4 aromatic rings. The van der Waals surface area contributed by atoms with Gasteiger partial charge in [-0.1, -0.05) is 176 Å². The van der Waals surface area contributed by atoms with Gasteiger partial charge in [0.15, 0.2) is 0 Å². The van der Waals surface area contributed by atoms with E-state index in [1.54, 1.807) is 48.5 Å². The van der Waals surface area contributed by atoms with Gasteiger partial charge < -0.3 is 39.6 Å². The second-order valence-corrected chi connectivity index (χ2v) is 13.8. The van der Waals surface area contributed by atoms with Crippen LogP contribution in [0, 0.1) is 0 Å². The second kappa shape index (κ2) is 32.7. The van der Waals surface area contributed by atoms with E-state index in [9.17, 15) is 39.6 Å². The third-order valence-electron chi connectivity index (χ3n) is 9.03. The van der Waals surface area contributed by atoms with Gasteiger partial charge in [-0.15, -0.1) is 0 Å². The molecular weight excluding hydrogens is 912 g/mol. The van der Waals surface area contributed by atoms with Crippen LogP contribution in [0.15, 0.2) is 97.1 Å². The van der Waals surface area contributed by atoms with E-state index in [0.717, 1.165) is 25.7 Å². The van der Waals surface area contributed by atoms with E-state index in [0.29, 0.717) is 0 Å². The van der Waals surface area contributed by atoms with Crippen molar-refractivity contribution in [1.82, 2.24) is 0 Å². The Hall–Kier alpha value is -4.32. The molecule has 8 nitrogen and oxygen atoms in total. The van der Waals surface area contributed by atoms with Crippen LogP contribution in [0.2, 0.25) is 0 Å². The molecule has 0 fully saturated rings. The first-order chi connectivity index (χ1) is 26.9. The molecule has 0 N–H and O–H groups in total. The normalized spacial score (nSPS) is 9.89. The van der Waals surface area contributed by atoms with Crippen molar-refractivity contribution in [2.24, 2.45) is 0 Å². The average Bonchev–Trinajstić information content (AvgIpc) is 3.20. The molecule has 0 aromatic heterocycles. The maximum absolute atomic E-state index is 10.5. The summed E-state index contributed by atoms with van der Waals surface area (Å²) in [4.78, 5) is 41.8. The van der Waals surface area contributed by atoms with Crippen molar-refractivity contribution in [1.29, 1.82) is 0 Å². The molecule has 0 atom stereocenters. The number of carbonyl (C=O) groups is 4. The number of hydrogen-bond donors (Lipinski definition) is 0. The van der Waals surface area contributed by atoms with E-state index in [-0.39, 0.29) is 49.6 Å². The number of carboxylic acids is 4. The van der Waals surface area contributed by atoms with Gasteiger partial charge in [0.25, 0.3) is 0 Å². The van der Waals surface area contributed by atoms with Crippen LogP contribution >= 0.6 is 0 Å². The van der Waals surface area contributed by atoms with E-state index in [1.807, 2.05) is 48.5 Å². The van der Waals surface area contributed by atoms with E-state index in [2.05, 4.69) is 27.7 Å². The molecule has 4 radical (unpaired) electrons. The Morgan fingerprint density at radius 1 is 0.316 bits per heavy atom. The quantitative estimate of drug-likeness (QED) is 0.0695. The molecule has 0 spiro atoms. The maximum Gasteiger partial charge on any atom is 0.0715 e. The van der Waals surface area contributed by atoms with Crippen LogP contribution in [0.3, 0.4) is 0 Å². The number of rotatable bonds is 20. The van der Waals surface area contributed by atoms with Crippen LogP contribution < -0.4 is 20.4 Å². The van der Waals surface area contributed by atoms with Crippen molar-refractivity contribution < 1.29 is 39.6 Å². The van der Waals surface area contributed by atoms with E-state index >= 15 is 0 Å². The molecular formula is C48H60O8Pb-4. The molecule has 4 aromatic carbocycles. The molecule has 0 saturated carbocycles. The van der Waals surface area contributed by atoms with Gasteiger partial charge in [-0.2, -0.15) is 0 Å². The van der Waals surface area contributed by atoms with Gasteiger partial charge in [-0.25, -0.2) is 0 Å². The Morgan fingerprint density at radius 2 is 0.474 bits per heavy atom. The number of unbranched alkanes of at least 4 members (excludes halogenated alkanes) is 8. The van der Waals surface area contributed by atoms with Crippen LogP contribution in [0.4, 0.5) is 0 Å². The standard InChI is InChI=1S/4C12H16O2.Pb/c4*1-2-3-4-5-10-6-8-11(9-7-10)12(13)14;/h4*6-9H,2-5H2,1H3,(H,13,14);/p-4.